The fourth-order valence-corrected chi connectivity index (χ4v) is 1.98. The Morgan fingerprint density at radius 1 is 1.40 bits per heavy atom. The molecule has 0 atom stereocenters. The smallest absolute Gasteiger partial charge is 0.224 e. The minimum absolute atomic E-state index is 0.0694. The molecule has 0 radical (unpaired) electrons. The highest BCUT2D eigenvalue weighted by Gasteiger charge is 2.30. The molecule has 1 aromatic rings. The molecule has 0 saturated carbocycles. The van der Waals surface area contributed by atoms with E-state index < -0.39 is 0 Å². The van der Waals surface area contributed by atoms with Crippen molar-refractivity contribution >= 4 is 17.3 Å². The summed E-state index contributed by atoms with van der Waals surface area (Å²) in [6.45, 7) is 6.51. The summed E-state index contributed by atoms with van der Waals surface area (Å²) in [5.41, 5.74) is 1.94. The molecule has 1 aliphatic rings. The molecule has 15 heavy (non-hydrogen) atoms. The molecule has 2 rings (SSSR count). The van der Waals surface area contributed by atoms with E-state index in [1.54, 1.807) is 6.92 Å². The summed E-state index contributed by atoms with van der Waals surface area (Å²) in [6.07, 6.45) is 0. The number of anilines is 2. The summed E-state index contributed by atoms with van der Waals surface area (Å²) in [7, 11) is 0. The van der Waals surface area contributed by atoms with Crippen LogP contribution in [0.25, 0.3) is 0 Å². The highest BCUT2D eigenvalue weighted by molar-refractivity contribution is 5.96. The fraction of sp³-hybridized carbons (Fsp3) is 0.417. The van der Waals surface area contributed by atoms with Crippen LogP contribution in [0.3, 0.4) is 0 Å². The van der Waals surface area contributed by atoms with Gasteiger partial charge in [-0.05, 0) is 26.0 Å². The van der Waals surface area contributed by atoms with Crippen molar-refractivity contribution in [3.63, 3.8) is 0 Å². The van der Waals surface area contributed by atoms with Crippen LogP contribution in [0.1, 0.15) is 20.8 Å². The normalized spacial score (nSPS) is 17.9. The lowest BCUT2D eigenvalue weighted by Gasteiger charge is -2.40. The largest absolute Gasteiger partial charge is 0.377 e. The second kappa shape index (κ2) is 3.26. The van der Waals surface area contributed by atoms with E-state index in [0.29, 0.717) is 6.54 Å². The molecule has 1 N–H and O–H groups in total. The van der Waals surface area contributed by atoms with Gasteiger partial charge in [-0.25, -0.2) is 0 Å². The van der Waals surface area contributed by atoms with Gasteiger partial charge in [0, 0.05) is 19.0 Å². The van der Waals surface area contributed by atoms with E-state index in [0.717, 1.165) is 11.4 Å². The van der Waals surface area contributed by atoms with Crippen molar-refractivity contribution in [3.05, 3.63) is 24.3 Å². The number of rotatable bonds is 0. The van der Waals surface area contributed by atoms with Gasteiger partial charge in [0.05, 0.1) is 11.4 Å². The molecular formula is C12H16N2O. The van der Waals surface area contributed by atoms with E-state index in [1.807, 2.05) is 29.2 Å². The van der Waals surface area contributed by atoms with E-state index in [-0.39, 0.29) is 11.4 Å². The van der Waals surface area contributed by atoms with Gasteiger partial charge >= 0.3 is 0 Å². The molecule has 0 aromatic heterocycles. The van der Waals surface area contributed by atoms with E-state index in [1.165, 1.54) is 0 Å². The zero-order valence-electron chi connectivity index (χ0n) is 9.37. The van der Waals surface area contributed by atoms with E-state index >= 15 is 0 Å². The van der Waals surface area contributed by atoms with Crippen LogP contribution < -0.4 is 10.2 Å². The van der Waals surface area contributed by atoms with Gasteiger partial charge in [-0.3, -0.25) is 4.79 Å². The van der Waals surface area contributed by atoms with Gasteiger partial charge < -0.3 is 10.2 Å². The summed E-state index contributed by atoms with van der Waals surface area (Å²) in [6, 6.07) is 7.91. The number of benzene rings is 1. The van der Waals surface area contributed by atoms with Gasteiger partial charge in [0.15, 0.2) is 0 Å². The molecule has 80 valence electrons. The van der Waals surface area contributed by atoms with Crippen molar-refractivity contribution in [3.8, 4) is 0 Å². The zero-order valence-corrected chi connectivity index (χ0v) is 9.37. The molecule has 1 heterocycles. The first-order chi connectivity index (χ1) is 6.99. The van der Waals surface area contributed by atoms with Crippen LogP contribution in [0, 0.1) is 0 Å². The Labute approximate surface area is 90.1 Å². The van der Waals surface area contributed by atoms with Crippen molar-refractivity contribution in [2.24, 2.45) is 0 Å². The first-order valence-corrected chi connectivity index (χ1v) is 5.15. The second-order valence-corrected chi connectivity index (χ2v) is 4.63. The summed E-state index contributed by atoms with van der Waals surface area (Å²) < 4.78 is 0. The molecule has 0 aliphatic carbocycles. The van der Waals surface area contributed by atoms with Gasteiger partial charge in [-0.15, -0.1) is 0 Å². The molecule has 0 unspecified atom stereocenters. The quantitative estimate of drug-likeness (QED) is 0.703. The average Bonchev–Trinajstić information content (AvgIpc) is 2.14. The number of hydrogen-bond donors (Lipinski definition) is 1. The second-order valence-electron chi connectivity index (χ2n) is 4.63. The number of amides is 1. The summed E-state index contributed by atoms with van der Waals surface area (Å²) in [5.74, 6) is 0.0945. The Balaban J connectivity index is 2.47. The molecular weight excluding hydrogens is 188 g/mol. The van der Waals surface area contributed by atoms with Crippen LogP contribution in [0.5, 0.6) is 0 Å². The molecule has 1 amide bonds. The lowest BCUT2D eigenvalue weighted by molar-refractivity contribution is -0.116. The SMILES string of the molecule is CC(=O)N1CC(C)(C)Nc2ccccc21. The van der Waals surface area contributed by atoms with Crippen molar-refractivity contribution in [1.29, 1.82) is 0 Å². The Hall–Kier alpha value is -1.51. The van der Waals surface area contributed by atoms with Gasteiger partial charge in [0.25, 0.3) is 0 Å². The summed E-state index contributed by atoms with van der Waals surface area (Å²) >= 11 is 0. The first kappa shape index (κ1) is 10.0. The third-order valence-electron chi connectivity index (χ3n) is 2.60. The maximum absolute atomic E-state index is 11.5. The van der Waals surface area contributed by atoms with Gasteiger partial charge in [-0.2, -0.15) is 0 Å². The van der Waals surface area contributed by atoms with Crippen LogP contribution in [0.2, 0.25) is 0 Å². The Kier molecular flexibility index (Phi) is 2.18. The van der Waals surface area contributed by atoms with Crippen molar-refractivity contribution in [2.45, 2.75) is 26.3 Å². The molecule has 0 bridgehead atoms. The van der Waals surface area contributed by atoms with Crippen LogP contribution in [0.15, 0.2) is 24.3 Å². The van der Waals surface area contributed by atoms with Gasteiger partial charge in [0.2, 0.25) is 5.91 Å². The van der Waals surface area contributed by atoms with Crippen LogP contribution >= 0.6 is 0 Å². The number of carbonyl (C=O) groups excluding carboxylic acids is 1. The molecule has 0 fully saturated rings. The minimum Gasteiger partial charge on any atom is -0.377 e. The van der Waals surface area contributed by atoms with Crippen molar-refractivity contribution < 1.29 is 4.79 Å². The monoisotopic (exact) mass is 204 g/mol. The molecule has 3 nitrogen and oxygen atoms in total. The van der Waals surface area contributed by atoms with Crippen LogP contribution in [0.4, 0.5) is 11.4 Å². The maximum atomic E-state index is 11.5. The zero-order chi connectivity index (χ0) is 11.1. The Morgan fingerprint density at radius 2 is 2.07 bits per heavy atom. The van der Waals surface area contributed by atoms with Gasteiger partial charge in [0.1, 0.15) is 0 Å². The Bertz CT molecular complexity index is 398. The Morgan fingerprint density at radius 3 is 2.73 bits per heavy atom. The highest BCUT2D eigenvalue weighted by atomic mass is 16.2. The molecule has 1 aliphatic heterocycles. The molecule has 0 spiro atoms. The number of hydrogen-bond acceptors (Lipinski definition) is 2. The number of para-hydroxylation sites is 2. The average molecular weight is 204 g/mol. The predicted molar refractivity (Wildman–Crippen MR) is 62.2 cm³/mol. The summed E-state index contributed by atoms with van der Waals surface area (Å²) in [5, 5.41) is 3.43. The highest BCUT2D eigenvalue weighted by Crippen LogP contribution is 2.33. The molecule has 3 heteroatoms. The standard InChI is InChI=1S/C12H16N2O/c1-9(15)14-8-12(2,3)13-10-6-4-5-7-11(10)14/h4-7,13H,8H2,1-3H3. The van der Waals surface area contributed by atoms with E-state index in [2.05, 4.69) is 19.2 Å². The topological polar surface area (TPSA) is 32.3 Å². The maximum Gasteiger partial charge on any atom is 0.224 e. The molecule has 1 aromatic carbocycles. The van der Waals surface area contributed by atoms with E-state index in [4.69, 9.17) is 0 Å². The summed E-state index contributed by atoms with van der Waals surface area (Å²) in [4.78, 5) is 13.4. The van der Waals surface area contributed by atoms with Crippen molar-refractivity contribution in [2.75, 3.05) is 16.8 Å². The third kappa shape index (κ3) is 1.82. The van der Waals surface area contributed by atoms with Crippen LogP contribution in [-0.2, 0) is 4.79 Å². The predicted octanol–water partition coefficient (Wildman–Crippen LogP) is 2.24. The lowest BCUT2D eigenvalue weighted by Crippen LogP contribution is -2.50. The minimum atomic E-state index is -0.0694. The molecule has 0 saturated heterocycles. The number of nitrogens with zero attached hydrogens (tertiary/aromatic N) is 1. The number of nitrogens with one attached hydrogen (secondary N) is 1. The fourth-order valence-electron chi connectivity index (χ4n) is 1.98. The van der Waals surface area contributed by atoms with Gasteiger partial charge in [-0.1, -0.05) is 12.1 Å². The van der Waals surface area contributed by atoms with Crippen molar-refractivity contribution in [1.82, 2.24) is 0 Å². The third-order valence-corrected chi connectivity index (χ3v) is 2.60. The van der Waals surface area contributed by atoms with Crippen LogP contribution in [-0.4, -0.2) is 18.0 Å². The van der Waals surface area contributed by atoms with E-state index in [9.17, 15) is 4.79 Å². The lowest BCUT2D eigenvalue weighted by atomic mass is 9.99. The number of fused-ring (bicyclic) bond motifs is 1. The first-order valence-electron chi connectivity index (χ1n) is 5.15. The number of carbonyl (C=O) groups is 1.